The first-order chi connectivity index (χ1) is 9.52. The van der Waals surface area contributed by atoms with Gasteiger partial charge >= 0.3 is 5.97 Å². The highest BCUT2D eigenvalue weighted by Crippen LogP contribution is 2.27. The SMILES string of the molecule is Cc1cc(N(C)C=O)ccc1-c1ccc(C(=O)O)cc1. The maximum atomic E-state index is 10.8. The number of benzene rings is 2. The second-order valence-corrected chi connectivity index (χ2v) is 4.60. The number of aryl methyl sites for hydroxylation is 1. The van der Waals surface area contributed by atoms with E-state index in [1.165, 1.54) is 4.90 Å². The van der Waals surface area contributed by atoms with Crippen molar-refractivity contribution in [3.63, 3.8) is 0 Å². The summed E-state index contributed by atoms with van der Waals surface area (Å²) < 4.78 is 0. The Hall–Kier alpha value is -2.62. The molecule has 2 aromatic rings. The molecule has 0 fully saturated rings. The summed E-state index contributed by atoms with van der Waals surface area (Å²) in [5.74, 6) is -0.934. The molecule has 0 aliphatic heterocycles. The molecule has 2 rings (SSSR count). The molecule has 4 heteroatoms. The molecule has 0 spiro atoms. The lowest BCUT2D eigenvalue weighted by Crippen LogP contribution is -2.13. The Labute approximate surface area is 117 Å². The van der Waals surface area contributed by atoms with E-state index in [1.807, 2.05) is 25.1 Å². The number of carbonyl (C=O) groups is 2. The average molecular weight is 269 g/mol. The summed E-state index contributed by atoms with van der Waals surface area (Å²) in [5, 5.41) is 8.89. The molecule has 1 amide bonds. The molecule has 1 N–H and O–H groups in total. The number of rotatable bonds is 4. The highest BCUT2D eigenvalue weighted by Gasteiger charge is 2.07. The van der Waals surface area contributed by atoms with Crippen molar-refractivity contribution in [3.8, 4) is 11.1 Å². The van der Waals surface area contributed by atoms with Gasteiger partial charge in [0.05, 0.1) is 5.56 Å². The summed E-state index contributed by atoms with van der Waals surface area (Å²) in [5.41, 5.74) is 4.09. The second-order valence-electron chi connectivity index (χ2n) is 4.60. The Morgan fingerprint density at radius 1 is 1.15 bits per heavy atom. The van der Waals surface area contributed by atoms with Crippen LogP contribution in [0.3, 0.4) is 0 Å². The van der Waals surface area contributed by atoms with E-state index in [0.717, 1.165) is 28.8 Å². The van der Waals surface area contributed by atoms with Crippen LogP contribution < -0.4 is 4.90 Å². The third kappa shape index (κ3) is 2.69. The molecular weight excluding hydrogens is 254 g/mol. The molecule has 102 valence electrons. The normalized spacial score (nSPS) is 10.1. The van der Waals surface area contributed by atoms with Crippen LogP contribution in [0.5, 0.6) is 0 Å². The second kappa shape index (κ2) is 5.57. The number of amides is 1. The molecule has 0 saturated carbocycles. The Balaban J connectivity index is 2.38. The van der Waals surface area contributed by atoms with Crippen LogP contribution in [0.25, 0.3) is 11.1 Å². The van der Waals surface area contributed by atoms with Crippen LogP contribution in [-0.2, 0) is 4.79 Å². The Bertz CT molecular complexity index is 647. The summed E-state index contributed by atoms with van der Waals surface area (Å²) in [6, 6.07) is 12.5. The van der Waals surface area contributed by atoms with Gasteiger partial charge in [0, 0.05) is 12.7 Å². The van der Waals surface area contributed by atoms with Gasteiger partial charge in [-0.1, -0.05) is 18.2 Å². The van der Waals surface area contributed by atoms with Crippen molar-refractivity contribution in [2.75, 3.05) is 11.9 Å². The Kier molecular flexibility index (Phi) is 3.84. The Morgan fingerprint density at radius 2 is 1.80 bits per heavy atom. The summed E-state index contributed by atoms with van der Waals surface area (Å²) >= 11 is 0. The fourth-order valence-electron chi connectivity index (χ4n) is 2.04. The third-order valence-electron chi connectivity index (χ3n) is 3.22. The minimum absolute atomic E-state index is 0.267. The first-order valence-electron chi connectivity index (χ1n) is 6.15. The highest BCUT2D eigenvalue weighted by molar-refractivity contribution is 5.88. The van der Waals surface area contributed by atoms with Crippen molar-refractivity contribution in [2.45, 2.75) is 6.92 Å². The maximum absolute atomic E-state index is 10.8. The number of carboxylic acid groups (broad SMARTS) is 1. The first kappa shape index (κ1) is 13.8. The molecule has 0 aliphatic carbocycles. The number of nitrogens with zero attached hydrogens (tertiary/aromatic N) is 1. The summed E-state index contributed by atoms with van der Waals surface area (Å²) in [7, 11) is 1.70. The van der Waals surface area contributed by atoms with Crippen LogP contribution in [-0.4, -0.2) is 24.5 Å². The lowest BCUT2D eigenvalue weighted by Gasteiger charge is -2.14. The number of hydrogen-bond acceptors (Lipinski definition) is 2. The van der Waals surface area contributed by atoms with E-state index in [0.29, 0.717) is 0 Å². The molecule has 20 heavy (non-hydrogen) atoms. The molecule has 2 aromatic carbocycles. The molecule has 0 unspecified atom stereocenters. The molecule has 0 saturated heterocycles. The minimum atomic E-state index is -0.934. The topological polar surface area (TPSA) is 57.6 Å². The zero-order valence-electron chi connectivity index (χ0n) is 11.3. The zero-order chi connectivity index (χ0) is 14.7. The van der Waals surface area contributed by atoms with Crippen LogP contribution in [0.15, 0.2) is 42.5 Å². The molecule has 0 bridgehead atoms. The van der Waals surface area contributed by atoms with E-state index in [-0.39, 0.29) is 5.56 Å². The molecule has 0 radical (unpaired) electrons. The predicted octanol–water partition coefficient (Wildman–Crippen LogP) is 2.95. The number of hydrogen-bond donors (Lipinski definition) is 1. The lowest BCUT2D eigenvalue weighted by molar-refractivity contribution is -0.107. The van der Waals surface area contributed by atoms with E-state index in [2.05, 4.69) is 0 Å². The zero-order valence-corrected chi connectivity index (χ0v) is 11.3. The average Bonchev–Trinajstić information content (AvgIpc) is 2.46. The molecule has 0 heterocycles. The van der Waals surface area contributed by atoms with Crippen LogP contribution in [0.4, 0.5) is 5.69 Å². The van der Waals surface area contributed by atoms with Gasteiger partial charge < -0.3 is 10.0 Å². The molecule has 4 nitrogen and oxygen atoms in total. The predicted molar refractivity (Wildman–Crippen MR) is 78.0 cm³/mol. The van der Waals surface area contributed by atoms with Crippen LogP contribution in [0.2, 0.25) is 0 Å². The van der Waals surface area contributed by atoms with Gasteiger partial charge in [-0.05, 0) is 47.9 Å². The van der Waals surface area contributed by atoms with Gasteiger partial charge in [-0.2, -0.15) is 0 Å². The van der Waals surface area contributed by atoms with E-state index >= 15 is 0 Å². The number of carbonyl (C=O) groups excluding carboxylic acids is 1. The van der Waals surface area contributed by atoms with Crippen molar-refractivity contribution < 1.29 is 14.7 Å². The van der Waals surface area contributed by atoms with Crippen molar-refractivity contribution in [1.82, 2.24) is 0 Å². The summed E-state index contributed by atoms with van der Waals surface area (Å²) in [4.78, 5) is 23.1. The van der Waals surface area contributed by atoms with Crippen molar-refractivity contribution >= 4 is 18.1 Å². The van der Waals surface area contributed by atoms with Gasteiger partial charge in [-0.25, -0.2) is 4.79 Å². The van der Waals surface area contributed by atoms with Gasteiger partial charge in [-0.15, -0.1) is 0 Å². The van der Waals surface area contributed by atoms with Crippen molar-refractivity contribution in [2.24, 2.45) is 0 Å². The van der Waals surface area contributed by atoms with E-state index in [4.69, 9.17) is 5.11 Å². The van der Waals surface area contributed by atoms with E-state index in [1.54, 1.807) is 31.3 Å². The standard InChI is InChI=1S/C16H15NO3/c1-11-9-14(17(2)10-18)7-8-15(11)12-3-5-13(6-4-12)16(19)20/h3-10H,1-2H3,(H,19,20). The van der Waals surface area contributed by atoms with Gasteiger partial charge in [-0.3, -0.25) is 4.79 Å². The van der Waals surface area contributed by atoms with Gasteiger partial charge in [0.25, 0.3) is 0 Å². The smallest absolute Gasteiger partial charge is 0.335 e. The number of aromatic carboxylic acids is 1. The number of anilines is 1. The monoisotopic (exact) mass is 269 g/mol. The quantitative estimate of drug-likeness (QED) is 0.868. The van der Waals surface area contributed by atoms with Crippen LogP contribution in [0, 0.1) is 6.92 Å². The molecule has 0 aromatic heterocycles. The molecular formula is C16H15NO3. The van der Waals surface area contributed by atoms with Crippen molar-refractivity contribution in [3.05, 3.63) is 53.6 Å². The lowest BCUT2D eigenvalue weighted by atomic mass is 9.99. The van der Waals surface area contributed by atoms with Crippen LogP contribution >= 0.6 is 0 Å². The first-order valence-corrected chi connectivity index (χ1v) is 6.15. The van der Waals surface area contributed by atoms with Gasteiger partial charge in [0.15, 0.2) is 0 Å². The van der Waals surface area contributed by atoms with Crippen LogP contribution in [0.1, 0.15) is 15.9 Å². The Morgan fingerprint density at radius 3 is 2.30 bits per heavy atom. The van der Waals surface area contributed by atoms with E-state index in [9.17, 15) is 9.59 Å². The summed E-state index contributed by atoms with van der Waals surface area (Å²) in [6.07, 6.45) is 0.760. The number of carboxylic acids is 1. The fraction of sp³-hybridized carbons (Fsp3) is 0.125. The highest BCUT2D eigenvalue weighted by atomic mass is 16.4. The largest absolute Gasteiger partial charge is 0.478 e. The van der Waals surface area contributed by atoms with Gasteiger partial charge in [0.2, 0.25) is 6.41 Å². The van der Waals surface area contributed by atoms with Gasteiger partial charge in [0.1, 0.15) is 0 Å². The molecule has 0 aliphatic rings. The molecule has 0 atom stereocenters. The fourth-order valence-corrected chi connectivity index (χ4v) is 2.04. The van der Waals surface area contributed by atoms with E-state index < -0.39 is 5.97 Å². The van der Waals surface area contributed by atoms with Crippen molar-refractivity contribution in [1.29, 1.82) is 0 Å². The third-order valence-corrected chi connectivity index (χ3v) is 3.22. The summed E-state index contributed by atoms with van der Waals surface area (Å²) in [6.45, 7) is 1.96. The maximum Gasteiger partial charge on any atom is 0.335 e. The minimum Gasteiger partial charge on any atom is -0.478 e.